The van der Waals surface area contributed by atoms with Crippen LogP contribution in [0.1, 0.15) is 12.5 Å². The molecule has 3 amide bonds. The van der Waals surface area contributed by atoms with Gasteiger partial charge in [0, 0.05) is 5.69 Å². The fourth-order valence-electron chi connectivity index (χ4n) is 2.20. The molecule has 0 radical (unpaired) electrons. The van der Waals surface area contributed by atoms with Crippen molar-refractivity contribution in [1.82, 2.24) is 10.9 Å². The summed E-state index contributed by atoms with van der Waals surface area (Å²) in [5.41, 5.74) is 6.23. The normalized spacial score (nSPS) is 11.3. The van der Waals surface area contributed by atoms with Gasteiger partial charge in [0.1, 0.15) is 11.6 Å². The average Bonchev–Trinajstić information content (AvgIpc) is 2.67. The van der Waals surface area contributed by atoms with Crippen molar-refractivity contribution in [3.8, 4) is 5.75 Å². The number of carbonyl (C=O) groups is 3. The maximum atomic E-state index is 12.9. The highest BCUT2D eigenvalue weighted by Crippen LogP contribution is 2.13. The largest absolute Gasteiger partial charge is 0.481 e. The Morgan fingerprint density at radius 2 is 1.72 bits per heavy atom. The first kappa shape index (κ1) is 22.2. The summed E-state index contributed by atoms with van der Waals surface area (Å²) >= 11 is 1.11. The SMILES string of the molecule is Cc1cccc(NC(=O)CSCC(=O)NNC(=O)[C@@H](C)Oc2ccc(F)cc2)c1. The van der Waals surface area contributed by atoms with E-state index in [0.717, 1.165) is 17.3 Å². The first-order valence-corrected chi connectivity index (χ1v) is 9.94. The predicted octanol–water partition coefficient (Wildman–Crippen LogP) is 2.42. The van der Waals surface area contributed by atoms with Gasteiger partial charge in [-0.15, -0.1) is 11.8 Å². The fraction of sp³-hybridized carbons (Fsp3) is 0.250. The van der Waals surface area contributed by atoms with E-state index in [4.69, 9.17) is 4.74 Å². The van der Waals surface area contributed by atoms with Gasteiger partial charge in [0.05, 0.1) is 11.5 Å². The molecule has 0 unspecified atom stereocenters. The molecule has 29 heavy (non-hydrogen) atoms. The maximum absolute atomic E-state index is 12.9. The van der Waals surface area contributed by atoms with Crippen LogP contribution in [0.4, 0.5) is 10.1 Å². The summed E-state index contributed by atoms with van der Waals surface area (Å²) in [6.45, 7) is 3.42. The van der Waals surface area contributed by atoms with E-state index in [1.807, 2.05) is 25.1 Å². The molecule has 0 heterocycles. The highest BCUT2D eigenvalue weighted by molar-refractivity contribution is 8.00. The predicted molar refractivity (Wildman–Crippen MR) is 110 cm³/mol. The lowest BCUT2D eigenvalue weighted by Gasteiger charge is -2.15. The third-order valence-corrected chi connectivity index (χ3v) is 4.52. The summed E-state index contributed by atoms with van der Waals surface area (Å²) in [5.74, 6) is -1.24. The van der Waals surface area contributed by atoms with Crippen molar-refractivity contribution in [2.24, 2.45) is 0 Å². The number of anilines is 1. The van der Waals surface area contributed by atoms with Gasteiger partial charge in [-0.3, -0.25) is 25.2 Å². The van der Waals surface area contributed by atoms with E-state index in [0.29, 0.717) is 11.4 Å². The summed E-state index contributed by atoms with van der Waals surface area (Å²) < 4.78 is 18.2. The van der Waals surface area contributed by atoms with E-state index in [2.05, 4.69) is 16.2 Å². The van der Waals surface area contributed by atoms with Crippen molar-refractivity contribution in [3.05, 3.63) is 59.9 Å². The Bertz CT molecular complexity index is 861. The van der Waals surface area contributed by atoms with Gasteiger partial charge in [-0.1, -0.05) is 12.1 Å². The summed E-state index contributed by atoms with van der Waals surface area (Å²) in [7, 11) is 0. The lowest BCUT2D eigenvalue weighted by atomic mass is 10.2. The molecular weight excluding hydrogens is 397 g/mol. The minimum atomic E-state index is -0.895. The Balaban J connectivity index is 1.63. The number of halogens is 1. The van der Waals surface area contributed by atoms with Gasteiger partial charge in [-0.05, 0) is 55.8 Å². The average molecular weight is 419 g/mol. The van der Waals surface area contributed by atoms with Crippen molar-refractivity contribution in [2.45, 2.75) is 20.0 Å². The second kappa shape index (κ2) is 11.1. The Kier molecular flexibility index (Phi) is 8.47. The number of carbonyl (C=O) groups excluding carboxylic acids is 3. The van der Waals surface area contributed by atoms with Gasteiger partial charge in [-0.2, -0.15) is 0 Å². The van der Waals surface area contributed by atoms with Gasteiger partial charge < -0.3 is 10.1 Å². The zero-order chi connectivity index (χ0) is 21.2. The van der Waals surface area contributed by atoms with Crippen LogP contribution in [0.25, 0.3) is 0 Å². The molecule has 2 aromatic rings. The van der Waals surface area contributed by atoms with E-state index < -0.39 is 23.7 Å². The molecule has 2 aromatic carbocycles. The van der Waals surface area contributed by atoms with Crippen molar-refractivity contribution < 1.29 is 23.5 Å². The van der Waals surface area contributed by atoms with Crippen LogP contribution in [-0.2, 0) is 14.4 Å². The van der Waals surface area contributed by atoms with E-state index >= 15 is 0 Å². The number of rotatable bonds is 8. The molecule has 0 spiro atoms. The van der Waals surface area contributed by atoms with E-state index in [1.165, 1.54) is 31.2 Å². The van der Waals surface area contributed by atoms with Crippen LogP contribution in [-0.4, -0.2) is 35.3 Å². The zero-order valence-electron chi connectivity index (χ0n) is 16.0. The molecule has 0 aliphatic heterocycles. The molecule has 0 saturated carbocycles. The number of nitrogens with one attached hydrogen (secondary N) is 3. The first-order chi connectivity index (χ1) is 13.8. The zero-order valence-corrected chi connectivity index (χ0v) is 16.8. The van der Waals surface area contributed by atoms with Gasteiger partial charge in [-0.25, -0.2) is 4.39 Å². The molecule has 0 aliphatic rings. The lowest BCUT2D eigenvalue weighted by Crippen LogP contribution is -2.47. The Hall–Kier alpha value is -3.07. The molecule has 0 bridgehead atoms. The number of benzene rings is 2. The Morgan fingerprint density at radius 3 is 2.41 bits per heavy atom. The number of ether oxygens (including phenoxy) is 1. The number of aryl methyl sites for hydroxylation is 1. The summed E-state index contributed by atoms with van der Waals surface area (Å²) in [5, 5.41) is 2.75. The molecule has 2 rings (SSSR count). The van der Waals surface area contributed by atoms with Gasteiger partial charge in [0.15, 0.2) is 6.10 Å². The number of thioether (sulfide) groups is 1. The number of hydrogen-bond donors (Lipinski definition) is 3. The van der Waals surface area contributed by atoms with Crippen LogP contribution >= 0.6 is 11.8 Å². The highest BCUT2D eigenvalue weighted by Gasteiger charge is 2.15. The van der Waals surface area contributed by atoms with Crippen molar-refractivity contribution in [3.63, 3.8) is 0 Å². The topological polar surface area (TPSA) is 96.5 Å². The molecule has 1 atom stereocenters. The molecule has 3 N–H and O–H groups in total. The van der Waals surface area contributed by atoms with Crippen molar-refractivity contribution in [1.29, 1.82) is 0 Å². The Morgan fingerprint density at radius 1 is 1.03 bits per heavy atom. The molecule has 0 fully saturated rings. The standard InChI is InChI=1S/C20H22FN3O4S/c1-13-4-3-5-16(10-13)22-18(25)11-29-12-19(26)23-24-20(27)14(2)28-17-8-6-15(21)7-9-17/h3-10,14H,11-12H2,1-2H3,(H,22,25)(H,23,26)(H,24,27)/t14-/m1/s1. The monoisotopic (exact) mass is 419 g/mol. The second-order valence-corrected chi connectivity index (χ2v) is 7.15. The first-order valence-electron chi connectivity index (χ1n) is 8.78. The third-order valence-electron chi connectivity index (χ3n) is 3.59. The maximum Gasteiger partial charge on any atom is 0.279 e. The molecule has 9 heteroatoms. The third kappa shape index (κ3) is 8.22. The van der Waals surface area contributed by atoms with Gasteiger partial charge in [0.2, 0.25) is 11.8 Å². The van der Waals surface area contributed by atoms with E-state index in [-0.39, 0.29) is 17.4 Å². The van der Waals surface area contributed by atoms with Crippen LogP contribution in [0.2, 0.25) is 0 Å². The quantitative estimate of drug-likeness (QED) is 0.571. The molecule has 7 nitrogen and oxygen atoms in total. The van der Waals surface area contributed by atoms with Crippen LogP contribution in [0.3, 0.4) is 0 Å². The summed E-state index contributed by atoms with van der Waals surface area (Å²) in [6, 6.07) is 12.6. The van der Waals surface area contributed by atoms with Crippen LogP contribution < -0.4 is 20.9 Å². The van der Waals surface area contributed by atoms with Gasteiger partial charge >= 0.3 is 0 Å². The van der Waals surface area contributed by atoms with Crippen molar-refractivity contribution in [2.75, 3.05) is 16.8 Å². The van der Waals surface area contributed by atoms with Crippen molar-refractivity contribution >= 4 is 35.2 Å². The van der Waals surface area contributed by atoms with Crippen LogP contribution in [0.5, 0.6) is 5.75 Å². The fourth-order valence-corrected chi connectivity index (χ4v) is 2.81. The molecule has 0 saturated heterocycles. The van der Waals surface area contributed by atoms with Gasteiger partial charge in [0.25, 0.3) is 5.91 Å². The molecule has 0 aliphatic carbocycles. The van der Waals surface area contributed by atoms with Crippen LogP contribution in [0, 0.1) is 12.7 Å². The van der Waals surface area contributed by atoms with Crippen LogP contribution in [0.15, 0.2) is 48.5 Å². The summed E-state index contributed by atoms with van der Waals surface area (Å²) in [4.78, 5) is 35.6. The lowest BCUT2D eigenvalue weighted by molar-refractivity contribution is -0.131. The molecule has 0 aromatic heterocycles. The smallest absolute Gasteiger partial charge is 0.279 e. The number of hydrogen-bond acceptors (Lipinski definition) is 5. The Labute approximate surface area is 172 Å². The second-order valence-electron chi connectivity index (χ2n) is 6.16. The highest BCUT2D eigenvalue weighted by atomic mass is 32.2. The minimum absolute atomic E-state index is 0.00524. The number of hydrazine groups is 1. The number of amides is 3. The molecular formula is C20H22FN3O4S. The summed E-state index contributed by atoms with van der Waals surface area (Å²) in [6.07, 6.45) is -0.895. The van der Waals surface area contributed by atoms with E-state index in [9.17, 15) is 18.8 Å². The van der Waals surface area contributed by atoms with E-state index in [1.54, 1.807) is 6.07 Å². The molecule has 154 valence electrons. The minimum Gasteiger partial charge on any atom is -0.481 e.